The molecule has 7 nitrogen and oxygen atoms in total. The number of likely N-dealkylation sites (N-methyl/N-ethyl adjacent to an activating group) is 1. The smallest absolute Gasteiger partial charge is 0.244 e. The third-order valence-corrected chi connectivity index (χ3v) is 4.34. The normalized spacial score (nSPS) is 19.3. The van der Waals surface area contributed by atoms with Crippen LogP contribution in [-0.2, 0) is 14.8 Å². The maximum Gasteiger partial charge on any atom is 0.244 e. The summed E-state index contributed by atoms with van der Waals surface area (Å²) in [6.07, 6.45) is 0. The number of primary sulfonamides is 1. The van der Waals surface area contributed by atoms with Crippen molar-refractivity contribution in [1.82, 2.24) is 10.6 Å². The van der Waals surface area contributed by atoms with Crippen LogP contribution in [0, 0.1) is 0 Å². The molecule has 1 aliphatic heterocycles. The molecule has 21 heavy (non-hydrogen) atoms. The number of rotatable bonds is 4. The van der Waals surface area contributed by atoms with Crippen LogP contribution in [0.1, 0.15) is 6.92 Å². The van der Waals surface area contributed by atoms with E-state index in [-0.39, 0.29) is 10.8 Å². The molecule has 8 heteroatoms. The van der Waals surface area contributed by atoms with Crippen molar-refractivity contribution in [2.24, 2.45) is 5.14 Å². The summed E-state index contributed by atoms with van der Waals surface area (Å²) in [5.41, 5.74) is 0.470. The van der Waals surface area contributed by atoms with E-state index in [4.69, 9.17) is 5.14 Å². The lowest BCUT2D eigenvalue weighted by atomic mass is 10.1. The zero-order valence-electron chi connectivity index (χ0n) is 11.9. The number of carbonyl (C=O) groups is 1. The summed E-state index contributed by atoms with van der Waals surface area (Å²) in [5, 5.41) is 11.2. The van der Waals surface area contributed by atoms with E-state index in [0.29, 0.717) is 31.9 Å². The second-order valence-electron chi connectivity index (χ2n) is 4.82. The monoisotopic (exact) mass is 312 g/mol. The molecule has 0 bridgehead atoms. The molecule has 4 N–H and O–H groups in total. The molecule has 1 aromatic rings. The molecular formula is C13H20N4O3S. The molecule has 0 saturated carbocycles. The van der Waals surface area contributed by atoms with Crippen molar-refractivity contribution in [2.45, 2.75) is 17.9 Å². The molecule has 1 unspecified atom stereocenters. The molecule has 0 radical (unpaired) electrons. The van der Waals surface area contributed by atoms with E-state index in [9.17, 15) is 13.2 Å². The van der Waals surface area contributed by atoms with Gasteiger partial charge in [0.15, 0.2) is 0 Å². The highest BCUT2D eigenvalue weighted by Gasteiger charge is 2.31. The maximum atomic E-state index is 12.2. The van der Waals surface area contributed by atoms with E-state index in [1.807, 2.05) is 6.92 Å². The molecule has 1 atom stereocenters. The average molecular weight is 312 g/mol. The highest BCUT2D eigenvalue weighted by Crippen LogP contribution is 2.26. The molecule has 1 aliphatic rings. The number of hydrogen-bond acceptors (Lipinski definition) is 5. The lowest BCUT2D eigenvalue weighted by molar-refractivity contribution is -0.122. The topological polar surface area (TPSA) is 105 Å². The Bertz CT molecular complexity index is 618. The van der Waals surface area contributed by atoms with Gasteiger partial charge in [-0.2, -0.15) is 0 Å². The fourth-order valence-corrected chi connectivity index (χ4v) is 3.20. The van der Waals surface area contributed by atoms with Crippen molar-refractivity contribution >= 4 is 21.6 Å². The third kappa shape index (κ3) is 3.52. The van der Waals surface area contributed by atoms with Crippen molar-refractivity contribution in [1.29, 1.82) is 0 Å². The number of nitrogens with one attached hydrogen (secondary N) is 2. The quantitative estimate of drug-likeness (QED) is 0.678. The van der Waals surface area contributed by atoms with Crippen molar-refractivity contribution < 1.29 is 13.2 Å². The van der Waals surface area contributed by atoms with E-state index in [1.54, 1.807) is 23.1 Å². The second kappa shape index (κ2) is 6.42. The number of hydrogen-bond donors (Lipinski definition) is 3. The van der Waals surface area contributed by atoms with Crippen LogP contribution in [0.15, 0.2) is 29.2 Å². The Labute approximate surface area is 124 Å². The molecule has 1 amide bonds. The van der Waals surface area contributed by atoms with Crippen LogP contribution in [0.5, 0.6) is 0 Å². The summed E-state index contributed by atoms with van der Waals surface area (Å²) in [7, 11) is -3.84. The van der Waals surface area contributed by atoms with E-state index in [1.165, 1.54) is 6.07 Å². The molecule has 0 aliphatic carbocycles. The lowest BCUT2D eigenvalue weighted by Crippen LogP contribution is -2.58. The van der Waals surface area contributed by atoms with Gasteiger partial charge in [0, 0.05) is 26.2 Å². The summed E-state index contributed by atoms with van der Waals surface area (Å²) < 4.78 is 23.5. The summed E-state index contributed by atoms with van der Waals surface area (Å²) >= 11 is 0. The molecule has 1 fully saturated rings. The Morgan fingerprint density at radius 3 is 2.86 bits per heavy atom. The van der Waals surface area contributed by atoms with E-state index >= 15 is 0 Å². The van der Waals surface area contributed by atoms with E-state index in [0.717, 1.165) is 0 Å². The first-order chi connectivity index (χ1) is 9.95. The van der Waals surface area contributed by atoms with Gasteiger partial charge in [-0.15, -0.1) is 0 Å². The van der Waals surface area contributed by atoms with Gasteiger partial charge in [0.2, 0.25) is 15.9 Å². The van der Waals surface area contributed by atoms with Gasteiger partial charge in [0.1, 0.15) is 10.9 Å². The zero-order chi connectivity index (χ0) is 15.5. The minimum atomic E-state index is -3.84. The predicted octanol–water partition coefficient (Wildman–Crippen LogP) is -0.752. The fraction of sp³-hybridized carbons (Fsp3) is 0.462. The van der Waals surface area contributed by atoms with Crippen LogP contribution in [0.25, 0.3) is 0 Å². The number of benzene rings is 1. The Hall–Kier alpha value is -1.64. The Morgan fingerprint density at radius 1 is 1.48 bits per heavy atom. The van der Waals surface area contributed by atoms with Gasteiger partial charge < -0.3 is 15.5 Å². The number of anilines is 1. The van der Waals surface area contributed by atoms with E-state index in [2.05, 4.69) is 10.6 Å². The van der Waals surface area contributed by atoms with Crippen LogP contribution >= 0.6 is 0 Å². The first kappa shape index (κ1) is 15.7. The van der Waals surface area contributed by atoms with Crippen LogP contribution in [-0.4, -0.2) is 46.5 Å². The van der Waals surface area contributed by atoms with Crippen LogP contribution in [0.2, 0.25) is 0 Å². The summed E-state index contributed by atoms with van der Waals surface area (Å²) in [6.45, 7) is 4.05. The Morgan fingerprint density at radius 2 is 2.19 bits per heavy atom. The number of nitrogens with two attached hydrogens (primary N) is 1. The summed E-state index contributed by atoms with van der Waals surface area (Å²) in [5.74, 6) is -0.131. The van der Waals surface area contributed by atoms with Gasteiger partial charge in [-0.3, -0.25) is 4.79 Å². The molecule has 0 spiro atoms. The second-order valence-corrected chi connectivity index (χ2v) is 6.35. The molecule has 116 valence electrons. The van der Waals surface area contributed by atoms with Gasteiger partial charge in [0.05, 0.1) is 5.69 Å². The van der Waals surface area contributed by atoms with E-state index < -0.39 is 16.1 Å². The molecule has 2 rings (SSSR count). The Kier molecular flexibility index (Phi) is 4.81. The standard InChI is InChI=1S/C13H20N4O3S/c1-2-16-13(18)11-9-15-7-8-17(11)10-5-3-4-6-12(10)21(14,19)20/h3-6,11,15H,2,7-9H2,1H3,(H,16,18)(H2,14,19,20). The van der Waals surface area contributed by atoms with Gasteiger partial charge in [-0.25, -0.2) is 13.6 Å². The van der Waals surface area contributed by atoms with Gasteiger partial charge in [0.25, 0.3) is 0 Å². The number of sulfonamides is 1. The Balaban J connectivity index is 2.41. The summed E-state index contributed by atoms with van der Waals surface area (Å²) in [6, 6.07) is 6.04. The highest BCUT2D eigenvalue weighted by atomic mass is 32.2. The molecule has 1 saturated heterocycles. The largest absolute Gasteiger partial charge is 0.356 e. The minimum Gasteiger partial charge on any atom is -0.356 e. The third-order valence-electron chi connectivity index (χ3n) is 3.38. The molecule has 1 heterocycles. The van der Waals surface area contributed by atoms with Gasteiger partial charge in [-0.05, 0) is 19.1 Å². The average Bonchev–Trinajstić information content (AvgIpc) is 2.46. The summed E-state index contributed by atoms with van der Waals surface area (Å²) in [4.78, 5) is 14.0. The SMILES string of the molecule is CCNC(=O)C1CNCCN1c1ccccc1S(N)(=O)=O. The first-order valence-corrected chi connectivity index (χ1v) is 8.36. The molecule has 0 aromatic heterocycles. The number of carbonyl (C=O) groups excluding carboxylic acids is 1. The highest BCUT2D eigenvalue weighted by molar-refractivity contribution is 7.89. The molecular weight excluding hydrogens is 292 g/mol. The van der Waals surface area contributed by atoms with Crippen LogP contribution in [0.3, 0.4) is 0 Å². The first-order valence-electron chi connectivity index (χ1n) is 6.82. The minimum absolute atomic E-state index is 0.0428. The number of para-hydroxylation sites is 1. The molecule has 1 aromatic carbocycles. The number of amides is 1. The van der Waals surface area contributed by atoms with Crippen LogP contribution < -0.4 is 20.7 Å². The lowest BCUT2D eigenvalue weighted by Gasteiger charge is -2.37. The van der Waals surface area contributed by atoms with Crippen molar-refractivity contribution in [3.8, 4) is 0 Å². The van der Waals surface area contributed by atoms with Crippen LogP contribution in [0.4, 0.5) is 5.69 Å². The number of nitrogens with zero attached hydrogens (tertiary/aromatic N) is 1. The number of piperazine rings is 1. The van der Waals surface area contributed by atoms with Gasteiger partial charge >= 0.3 is 0 Å². The fourth-order valence-electron chi connectivity index (χ4n) is 2.45. The van der Waals surface area contributed by atoms with Crippen molar-refractivity contribution in [2.75, 3.05) is 31.1 Å². The van der Waals surface area contributed by atoms with Crippen molar-refractivity contribution in [3.63, 3.8) is 0 Å². The van der Waals surface area contributed by atoms with Gasteiger partial charge in [-0.1, -0.05) is 12.1 Å². The maximum absolute atomic E-state index is 12.2. The van der Waals surface area contributed by atoms with Crippen molar-refractivity contribution in [3.05, 3.63) is 24.3 Å². The predicted molar refractivity (Wildman–Crippen MR) is 80.5 cm³/mol. The zero-order valence-corrected chi connectivity index (χ0v) is 12.7.